The third kappa shape index (κ3) is 5.01. The number of piperazine rings is 1. The first-order valence-corrected chi connectivity index (χ1v) is 10.2. The Hall–Kier alpha value is -2.16. The minimum absolute atomic E-state index is 0. The molecule has 0 saturated carbocycles. The van der Waals surface area contributed by atoms with Gasteiger partial charge in [-0.2, -0.15) is 0 Å². The van der Waals surface area contributed by atoms with Crippen LogP contribution < -0.4 is 10.0 Å². The zero-order chi connectivity index (χ0) is 19.6. The van der Waals surface area contributed by atoms with Gasteiger partial charge in [0.25, 0.3) is 15.9 Å². The molecule has 2 aromatic rings. The molecule has 1 saturated heterocycles. The highest BCUT2D eigenvalue weighted by molar-refractivity contribution is 7.92. The summed E-state index contributed by atoms with van der Waals surface area (Å²) < 4.78 is 40.7. The number of carbonyl (C=O) groups is 1. The molecular weight excluding hydrogens is 405 g/mol. The molecule has 1 amide bonds. The highest BCUT2D eigenvalue weighted by Crippen LogP contribution is 2.19. The number of hydrogen-bond acceptors (Lipinski definition) is 4. The molecule has 9 heteroatoms. The predicted molar refractivity (Wildman–Crippen MR) is 109 cm³/mol. The number of carbonyl (C=O) groups excluding carboxylic acids is 1. The number of sulfonamides is 1. The molecule has 0 spiro atoms. The summed E-state index contributed by atoms with van der Waals surface area (Å²) in [6.45, 7) is 5.56. The number of nitrogens with zero attached hydrogens (tertiary/aromatic N) is 1. The van der Waals surface area contributed by atoms with Gasteiger partial charge >= 0.3 is 0 Å². The second kappa shape index (κ2) is 8.89. The number of rotatable bonds is 4. The zero-order valence-corrected chi connectivity index (χ0v) is 17.2. The summed E-state index contributed by atoms with van der Waals surface area (Å²) in [7, 11) is -3.83. The van der Waals surface area contributed by atoms with Gasteiger partial charge in [-0.05, 0) is 61.9 Å². The van der Waals surface area contributed by atoms with E-state index in [-0.39, 0.29) is 34.8 Å². The molecule has 1 atom stereocenters. The first-order chi connectivity index (χ1) is 12.8. The fourth-order valence-corrected chi connectivity index (χ4v) is 4.12. The van der Waals surface area contributed by atoms with Gasteiger partial charge in [0.05, 0.1) is 4.90 Å². The normalized spacial score (nSPS) is 17.0. The van der Waals surface area contributed by atoms with Crippen molar-refractivity contribution >= 4 is 34.0 Å². The predicted octanol–water partition coefficient (Wildman–Crippen LogP) is 2.79. The van der Waals surface area contributed by atoms with Crippen LogP contribution in [0.5, 0.6) is 0 Å². The Bertz CT molecular complexity index is 951. The Morgan fingerprint density at radius 2 is 1.89 bits per heavy atom. The van der Waals surface area contributed by atoms with E-state index in [0.29, 0.717) is 24.3 Å². The number of nitrogens with one attached hydrogen (secondary N) is 2. The van der Waals surface area contributed by atoms with E-state index in [1.54, 1.807) is 29.2 Å². The second-order valence-corrected chi connectivity index (χ2v) is 8.38. The van der Waals surface area contributed by atoms with Crippen molar-refractivity contribution in [2.75, 3.05) is 24.4 Å². The van der Waals surface area contributed by atoms with Gasteiger partial charge in [0.1, 0.15) is 5.82 Å². The molecule has 0 aromatic heterocycles. The topological polar surface area (TPSA) is 78.5 Å². The molecule has 152 valence electrons. The van der Waals surface area contributed by atoms with Crippen LogP contribution in [0.25, 0.3) is 0 Å². The molecule has 0 aliphatic carbocycles. The third-order valence-corrected chi connectivity index (χ3v) is 5.86. The van der Waals surface area contributed by atoms with Crippen LogP contribution in [0, 0.1) is 12.7 Å². The van der Waals surface area contributed by atoms with Crippen molar-refractivity contribution in [3.05, 3.63) is 59.4 Å². The Morgan fingerprint density at radius 1 is 1.21 bits per heavy atom. The highest BCUT2D eigenvalue weighted by atomic mass is 35.5. The first kappa shape index (κ1) is 22.1. The molecule has 0 bridgehead atoms. The molecule has 1 fully saturated rings. The largest absolute Gasteiger partial charge is 0.336 e. The van der Waals surface area contributed by atoms with E-state index < -0.39 is 15.8 Å². The van der Waals surface area contributed by atoms with Gasteiger partial charge in [0.15, 0.2) is 0 Å². The fraction of sp³-hybridized carbons (Fsp3) is 0.316. The van der Waals surface area contributed by atoms with Gasteiger partial charge in [-0.25, -0.2) is 12.8 Å². The van der Waals surface area contributed by atoms with Crippen LogP contribution in [-0.2, 0) is 10.0 Å². The minimum Gasteiger partial charge on any atom is -0.336 e. The lowest BCUT2D eigenvalue weighted by molar-refractivity contribution is 0.0709. The molecule has 1 unspecified atom stereocenters. The number of anilines is 1. The van der Waals surface area contributed by atoms with Crippen molar-refractivity contribution < 1.29 is 17.6 Å². The average molecular weight is 428 g/mol. The van der Waals surface area contributed by atoms with Crippen molar-refractivity contribution in [3.63, 3.8) is 0 Å². The van der Waals surface area contributed by atoms with E-state index in [1.165, 1.54) is 19.1 Å². The molecule has 0 radical (unpaired) electrons. The van der Waals surface area contributed by atoms with Gasteiger partial charge in [-0.1, -0.05) is 0 Å². The number of amides is 1. The molecule has 1 aliphatic rings. The standard InChI is InChI=1S/C19H22FN3O3S.ClH/c1-13-11-17(7-8-18(13)20)27(25,26)22-16-5-3-15(4-6-16)19(24)23-10-9-21-14(2)12-23;/h3-8,11,14,21-22H,9-10,12H2,1-2H3;1H. The van der Waals surface area contributed by atoms with Crippen molar-refractivity contribution in [1.82, 2.24) is 10.2 Å². The maximum Gasteiger partial charge on any atom is 0.261 e. The maximum absolute atomic E-state index is 13.4. The molecule has 1 heterocycles. The summed E-state index contributed by atoms with van der Waals surface area (Å²) in [6, 6.07) is 10.2. The first-order valence-electron chi connectivity index (χ1n) is 8.68. The maximum atomic E-state index is 13.4. The van der Waals surface area contributed by atoms with Gasteiger partial charge in [0.2, 0.25) is 0 Å². The summed E-state index contributed by atoms with van der Waals surface area (Å²) in [6.07, 6.45) is 0. The van der Waals surface area contributed by atoms with Crippen LogP contribution in [0.4, 0.5) is 10.1 Å². The van der Waals surface area contributed by atoms with Crippen LogP contribution in [0.2, 0.25) is 0 Å². The fourth-order valence-electron chi connectivity index (χ4n) is 2.98. The van der Waals surface area contributed by atoms with E-state index in [9.17, 15) is 17.6 Å². The molecule has 28 heavy (non-hydrogen) atoms. The van der Waals surface area contributed by atoms with Gasteiger partial charge in [-0.3, -0.25) is 9.52 Å². The molecule has 1 aliphatic heterocycles. The van der Waals surface area contributed by atoms with Crippen LogP contribution in [0.3, 0.4) is 0 Å². The molecule has 3 rings (SSSR count). The second-order valence-electron chi connectivity index (χ2n) is 6.70. The van der Waals surface area contributed by atoms with E-state index in [4.69, 9.17) is 0 Å². The molecule has 2 N–H and O–H groups in total. The molecule has 6 nitrogen and oxygen atoms in total. The highest BCUT2D eigenvalue weighted by Gasteiger charge is 2.22. The van der Waals surface area contributed by atoms with E-state index in [0.717, 1.165) is 12.6 Å². The summed E-state index contributed by atoms with van der Waals surface area (Å²) >= 11 is 0. The van der Waals surface area contributed by atoms with E-state index >= 15 is 0 Å². The number of benzene rings is 2. The summed E-state index contributed by atoms with van der Waals surface area (Å²) in [5, 5.41) is 3.28. The van der Waals surface area contributed by atoms with Crippen LogP contribution >= 0.6 is 12.4 Å². The Morgan fingerprint density at radius 3 is 2.50 bits per heavy atom. The lowest BCUT2D eigenvalue weighted by atomic mass is 10.1. The number of aryl methyl sites for hydroxylation is 1. The van der Waals surface area contributed by atoms with Gasteiger partial charge in [0, 0.05) is 36.9 Å². The van der Waals surface area contributed by atoms with Crippen LogP contribution in [0.1, 0.15) is 22.8 Å². The summed E-state index contributed by atoms with van der Waals surface area (Å²) in [5.41, 5.74) is 1.09. The van der Waals surface area contributed by atoms with Crippen LogP contribution in [0.15, 0.2) is 47.4 Å². The van der Waals surface area contributed by atoms with Crippen LogP contribution in [-0.4, -0.2) is 44.9 Å². The number of hydrogen-bond donors (Lipinski definition) is 2. The Kier molecular flexibility index (Phi) is 7.03. The van der Waals surface area contributed by atoms with Gasteiger partial charge < -0.3 is 10.2 Å². The quantitative estimate of drug-likeness (QED) is 0.786. The lowest BCUT2D eigenvalue weighted by Gasteiger charge is -2.32. The third-order valence-electron chi connectivity index (χ3n) is 4.48. The Balaban J connectivity index is 0.00000280. The molecular formula is C19H23ClFN3O3S. The smallest absolute Gasteiger partial charge is 0.261 e. The monoisotopic (exact) mass is 427 g/mol. The van der Waals surface area contributed by atoms with Crippen molar-refractivity contribution in [1.29, 1.82) is 0 Å². The van der Waals surface area contributed by atoms with Crippen molar-refractivity contribution in [3.8, 4) is 0 Å². The summed E-state index contributed by atoms with van der Waals surface area (Å²) in [4.78, 5) is 14.3. The SMILES string of the molecule is Cc1cc(S(=O)(=O)Nc2ccc(C(=O)N3CCNC(C)C3)cc2)ccc1F.Cl. The van der Waals surface area contributed by atoms with E-state index in [2.05, 4.69) is 10.0 Å². The van der Waals surface area contributed by atoms with Gasteiger partial charge in [-0.15, -0.1) is 12.4 Å². The molecule has 2 aromatic carbocycles. The summed E-state index contributed by atoms with van der Waals surface area (Å²) in [5.74, 6) is -0.536. The minimum atomic E-state index is -3.83. The average Bonchev–Trinajstić information content (AvgIpc) is 2.63. The van der Waals surface area contributed by atoms with Crippen molar-refractivity contribution in [2.24, 2.45) is 0 Å². The van der Waals surface area contributed by atoms with E-state index in [1.807, 2.05) is 6.92 Å². The van der Waals surface area contributed by atoms with Crippen molar-refractivity contribution in [2.45, 2.75) is 24.8 Å². The zero-order valence-electron chi connectivity index (χ0n) is 15.6. The number of halogens is 2. The lowest BCUT2D eigenvalue weighted by Crippen LogP contribution is -2.51. The Labute approximate surface area is 170 Å².